The molecule has 7 heteroatoms. The molecule has 7 nitrogen and oxygen atoms in total. The van der Waals surface area contributed by atoms with Crippen molar-refractivity contribution in [1.29, 1.82) is 0 Å². The fraction of sp³-hybridized carbons (Fsp3) is 0.190. The number of H-pyrrole nitrogens is 1. The Balaban J connectivity index is 1.43. The lowest BCUT2D eigenvalue weighted by Crippen LogP contribution is -2.43. The van der Waals surface area contributed by atoms with E-state index < -0.39 is 0 Å². The largest absolute Gasteiger partial charge is 0.377 e. The number of ether oxygens (including phenoxy) is 1. The zero-order chi connectivity index (χ0) is 18.9. The number of hydrogen-bond acceptors (Lipinski definition) is 5. The van der Waals surface area contributed by atoms with Crippen LogP contribution in [-0.4, -0.2) is 45.9 Å². The first-order valence-corrected chi connectivity index (χ1v) is 9.13. The number of benzene rings is 2. The zero-order valence-electron chi connectivity index (χ0n) is 15.0. The smallest absolute Gasteiger partial charge is 0.276 e. The molecule has 1 atom stereocenters. The number of aromatic nitrogens is 3. The number of rotatable bonds is 3. The van der Waals surface area contributed by atoms with Crippen LogP contribution in [-0.2, 0) is 4.74 Å². The number of morpholine rings is 1. The van der Waals surface area contributed by atoms with Crippen LogP contribution in [0.15, 0.2) is 65.3 Å². The Labute approximate surface area is 160 Å². The second-order valence-corrected chi connectivity index (χ2v) is 6.75. The van der Waals surface area contributed by atoms with Crippen molar-refractivity contribution in [2.45, 2.75) is 6.04 Å². The minimum atomic E-state index is -0.156. The van der Waals surface area contributed by atoms with Gasteiger partial charge in [-0.15, -0.1) is 0 Å². The lowest BCUT2D eigenvalue weighted by atomic mass is 10.0. The lowest BCUT2D eigenvalue weighted by molar-refractivity contribution is -0.00319. The van der Waals surface area contributed by atoms with Gasteiger partial charge in [0.05, 0.1) is 31.0 Å². The predicted octanol–water partition coefficient (Wildman–Crippen LogP) is 3.43. The fourth-order valence-electron chi connectivity index (χ4n) is 3.55. The maximum absolute atomic E-state index is 13.1. The van der Waals surface area contributed by atoms with E-state index in [1.54, 1.807) is 17.2 Å². The average molecular weight is 374 g/mol. The molecule has 0 aliphatic carbocycles. The van der Waals surface area contributed by atoms with Gasteiger partial charge in [-0.1, -0.05) is 35.5 Å². The maximum Gasteiger partial charge on any atom is 0.276 e. The topological polar surface area (TPSA) is 84.2 Å². The number of aromatic amines is 1. The van der Waals surface area contributed by atoms with Gasteiger partial charge in [-0.05, 0) is 23.8 Å². The summed E-state index contributed by atoms with van der Waals surface area (Å²) in [5.74, 6) is 0.396. The minimum Gasteiger partial charge on any atom is -0.377 e. The van der Waals surface area contributed by atoms with E-state index in [1.807, 2.05) is 48.5 Å². The van der Waals surface area contributed by atoms with E-state index in [2.05, 4.69) is 15.4 Å². The number of amides is 1. The molecule has 0 radical (unpaired) electrons. The van der Waals surface area contributed by atoms with Crippen molar-refractivity contribution < 1.29 is 14.1 Å². The molecule has 1 unspecified atom stereocenters. The van der Waals surface area contributed by atoms with Crippen LogP contribution in [0, 0.1) is 0 Å². The average Bonchev–Trinajstić information content (AvgIpc) is 3.43. The Bertz CT molecular complexity index is 1120. The predicted molar refractivity (Wildman–Crippen MR) is 103 cm³/mol. The molecule has 140 valence electrons. The van der Waals surface area contributed by atoms with Crippen molar-refractivity contribution in [2.24, 2.45) is 0 Å². The maximum atomic E-state index is 13.1. The van der Waals surface area contributed by atoms with E-state index >= 15 is 0 Å². The molecule has 1 fully saturated rings. The molecule has 1 amide bonds. The van der Waals surface area contributed by atoms with Crippen LogP contribution in [0.3, 0.4) is 0 Å². The molecule has 4 aromatic rings. The first-order chi connectivity index (χ1) is 13.8. The van der Waals surface area contributed by atoms with Gasteiger partial charge in [0.2, 0.25) is 0 Å². The summed E-state index contributed by atoms with van der Waals surface area (Å²) in [4.78, 5) is 14.9. The summed E-state index contributed by atoms with van der Waals surface area (Å²) in [5.41, 5.74) is 3.13. The summed E-state index contributed by atoms with van der Waals surface area (Å²) < 4.78 is 11.1. The molecule has 1 N–H and O–H groups in total. The molecule has 0 saturated carbocycles. The molecule has 1 saturated heterocycles. The van der Waals surface area contributed by atoms with Crippen LogP contribution in [0.5, 0.6) is 0 Å². The van der Waals surface area contributed by atoms with Crippen LogP contribution in [0.25, 0.3) is 22.2 Å². The van der Waals surface area contributed by atoms with Crippen LogP contribution >= 0.6 is 0 Å². The molecule has 2 aromatic carbocycles. The Kier molecular flexibility index (Phi) is 4.14. The summed E-state index contributed by atoms with van der Waals surface area (Å²) >= 11 is 0. The second kappa shape index (κ2) is 6.94. The third-order valence-electron chi connectivity index (χ3n) is 5.03. The first kappa shape index (κ1) is 16.7. The van der Waals surface area contributed by atoms with Gasteiger partial charge in [-0.25, -0.2) is 0 Å². The zero-order valence-corrected chi connectivity index (χ0v) is 15.0. The monoisotopic (exact) mass is 374 g/mol. The van der Waals surface area contributed by atoms with Crippen molar-refractivity contribution in [3.63, 3.8) is 0 Å². The second-order valence-electron chi connectivity index (χ2n) is 6.75. The molecule has 3 heterocycles. The van der Waals surface area contributed by atoms with Gasteiger partial charge in [-0.2, -0.15) is 5.10 Å². The van der Waals surface area contributed by atoms with Gasteiger partial charge >= 0.3 is 0 Å². The summed E-state index contributed by atoms with van der Waals surface area (Å²) in [6.07, 6.45) is 1.75. The number of fused-ring (bicyclic) bond motifs is 1. The van der Waals surface area contributed by atoms with Crippen LogP contribution in [0.4, 0.5) is 0 Å². The number of nitrogens with zero attached hydrogens (tertiary/aromatic N) is 3. The molecule has 1 aliphatic rings. The quantitative estimate of drug-likeness (QED) is 0.594. The molecular formula is C21H18N4O3. The highest BCUT2D eigenvalue weighted by atomic mass is 16.5. The Morgan fingerprint density at radius 2 is 2.04 bits per heavy atom. The van der Waals surface area contributed by atoms with Crippen molar-refractivity contribution in [2.75, 3.05) is 19.8 Å². The number of carbonyl (C=O) groups excluding carboxylic acids is 1. The lowest BCUT2D eigenvalue weighted by Gasteiger charge is -2.35. The van der Waals surface area contributed by atoms with E-state index in [0.717, 1.165) is 22.0 Å². The molecule has 0 spiro atoms. The van der Waals surface area contributed by atoms with E-state index in [-0.39, 0.29) is 11.9 Å². The summed E-state index contributed by atoms with van der Waals surface area (Å²) in [6, 6.07) is 17.3. The van der Waals surface area contributed by atoms with Gasteiger partial charge in [0.15, 0.2) is 11.5 Å². The van der Waals surface area contributed by atoms with Gasteiger partial charge < -0.3 is 14.2 Å². The Morgan fingerprint density at radius 1 is 1.14 bits per heavy atom. The Hall–Kier alpha value is -3.45. The third-order valence-corrected chi connectivity index (χ3v) is 5.03. The summed E-state index contributed by atoms with van der Waals surface area (Å²) in [6.45, 7) is 1.50. The highest BCUT2D eigenvalue weighted by Gasteiger charge is 2.31. The number of nitrogens with one attached hydrogen (secondary N) is 1. The number of carbonyl (C=O) groups is 1. The van der Waals surface area contributed by atoms with Crippen molar-refractivity contribution in [1.82, 2.24) is 20.3 Å². The molecule has 28 heavy (non-hydrogen) atoms. The molecule has 0 bridgehead atoms. The van der Waals surface area contributed by atoms with Crippen LogP contribution < -0.4 is 0 Å². The summed E-state index contributed by atoms with van der Waals surface area (Å²) in [5, 5.41) is 11.9. The van der Waals surface area contributed by atoms with Crippen molar-refractivity contribution in [3.05, 3.63) is 72.1 Å². The van der Waals surface area contributed by atoms with E-state index in [0.29, 0.717) is 31.2 Å². The van der Waals surface area contributed by atoms with E-state index in [1.165, 1.54) is 0 Å². The Morgan fingerprint density at radius 3 is 2.93 bits per heavy atom. The van der Waals surface area contributed by atoms with Gasteiger partial charge in [0.25, 0.3) is 5.91 Å². The normalized spacial score (nSPS) is 17.1. The van der Waals surface area contributed by atoms with Gasteiger partial charge in [0, 0.05) is 23.6 Å². The van der Waals surface area contributed by atoms with E-state index in [9.17, 15) is 4.79 Å². The first-order valence-electron chi connectivity index (χ1n) is 9.13. The van der Waals surface area contributed by atoms with Gasteiger partial charge in [-0.3, -0.25) is 9.89 Å². The van der Waals surface area contributed by atoms with Crippen LogP contribution in [0.1, 0.15) is 22.1 Å². The summed E-state index contributed by atoms with van der Waals surface area (Å²) in [7, 11) is 0. The van der Waals surface area contributed by atoms with Crippen molar-refractivity contribution in [3.8, 4) is 11.3 Å². The van der Waals surface area contributed by atoms with E-state index in [4.69, 9.17) is 9.26 Å². The minimum absolute atomic E-state index is 0.134. The fourth-order valence-corrected chi connectivity index (χ4v) is 3.55. The molecule has 1 aliphatic heterocycles. The SMILES string of the molecule is O=C(c1cc(-c2ccc3[nH]ncc3c2)on1)N1CCOCC1c1ccccc1. The highest BCUT2D eigenvalue weighted by Crippen LogP contribution is 2.28. The number of hydrogen-bond donors (Lipinski definition) is 1. The standard InChI is InChI=1S/C21H18N4O3/c26-21(25-8-9-27-13-19(25)14-4-2-1-3-5-14)18-11-20(28-24-18)15-6-7-17-16(10-15)12-22-23-17/h1-7,10-12,19H,8-9,13H2,(H,22,23). The highest BCUT2D eigenvalue weighted by molar-refractivity contribution is 5.94. The third kappa shape index (κ3) is 2.95. The molecule has 2 aromatic heterocycles. The van der Waals surface area contributed by atoms with Crippen LogP contribution in [0.2, 0.25) is 0 Å². The van der Waals surface area contributed by atoms with Gasteiger partial charge in [0.1, 0.15) is 0 Å². The molecule has 5 rings (SSSR count). The molecular weight excluding hydrogens is 356 g/mol. The van der Waals surface area contributed by atoms with Crippen molar-refractivity contribution >= 4 is 16.8 Å².